The van der Waals surface area contributed by atoms with Crippen molar-refractivity contribution in [3.05, 3.63) is 0 Å². The van der Waals surface area contributed by atoms with Crippen LogP contribution in [0.1, 0.15) is 33.6 Å². The maximum atomic E-state index is 12.1. The van der Waals surface area contributed by atoms with E-state index in [0.717, 1.165) is 13.0 Å². The van der Waals surface area contributed by atoms with Gasteiger partial charge in [-0.3, -0.25) is 0 Å². The van der Waals surface area contributed by atoms with Crippen molar-refractivity contribution < 1.29 is 4.39 Å². The van der Waals surface area contributed by atoms with E-state index in [1.54, 1.807) is 0 Å². The Kier molecular flexibility index (Phi) is 6.35. The van der Waals surface area contributed by atoms with E-state index in [9.17, 15) is 4.39 Å². The number of hydrogen-bond donors (Lipinski definition) is 0. The van der Waals surface area contributed by atoms with Crippen molar-refractivity contribution in [3.63, 3.8) is 0 Å². The van der Waals surface area contributed by atoms with Crippen LogP contribution in [-0.4, -0.2) is 31.2 Å². The van der Waals surface area contributed by atoms with E-state index in [4.69, 9.17) is 0 Å². The summed E-state index contributed by atoms with van der Waals surface area (Å²) in [5, 5.41) is 0. The first kappa shape index (κ1) is 11.9. The molecule has 0 N–H and O–H groups in total. The van der Waals surface area contributed by atoms with Gasteiger partial charge >= 0.3 is 0 Å². The van der Waals surface area contributed by atoms with Gasteiger partial charge in [0.05, 0.1) is 0 Å². The molecular weight excluding hydrogens is 153 g/mol. The van der Waals surface area contributed by atoms with E-state index >= 15 is 0 Å². The second-order valence-electron chi connectivity index (χ2n) is 3.80. The van der Waals surface area contributed by atoms with Gasteiger partial charge in [0.1, 0.15) is 6.67 Å². The summed E-state index contributed by atoms with van der Waals surface area (Å²) in [7, 11) is 1.99. The second kappa shape index (κ2) is 6.41. The van der Waals surface area contributed by atoms with Crippen LogP contribution in [0.25, 0.3) is 0 Å². The molecule has 2 atom stereocenters. The van der Waals surface area contributed by atoms with Gasteiger partial charge in [0, 0.05) is 12.6 Å². The Morgan fingerprint density at radius 2 is 1.92 bits per heavy atom. The minimum Gasteiger partial charge on any atom is -0.301 e. The molecule has 1 nitrogen and oxygen atoms in total. The molecule has 2 heteroatoms. The summed E-state index contributed by atoms with van der Waals surface area (Å²) in [6.45, 7) is 7.31. The lowest BCUT2D eigenvalue weighted by molar-refractivity contribution is 0.255. The standard InChI is InChI=1S/C7H14FN.C3H8/c1-6-3-7(4-8)9(2)5-6;1-3-2/h6-7H,3-5H2,1-2H3;3H2,1-2H3. The fourth-order valence-corrected chi connectivity index (χ4v) is 1.54. The molecule has 1 heterocycles. The van der Waals surface area contributed by atoms with Gasteiger partial charge in [0.2, 0.25) is 0 Å². The van der Waals surface area contributed by atoms with Crippen molar-refractivity contribution in [1.29, 1.82) is 0 Å². The zero-order valence-corrected chi connectivity index (χ0v) is 8.81. The Labute approximate surface area is 75.9 Å². The molecule has 12 heavy (non-hydrogen) atoms. The SMILES string of the molecule is CC1CC(CF)N(C)C1.CCC. The minimum atomic E-state index is -0.180. The monoisotopic (exact) mass is 175 g/mol. The first-order chi connectivity index (χ1) is 5.65. The Balaban J connectivity index is 0.000000354. The highest BCUT2D eigenvalue weighted by Crippen LogP contribution is 2.20. The van der Waals surface area contributed by atoms with E-state index in [1.165, 1.54) is 6.42 Å². The van der Waals surface area contributed by atoms with Crippen LogP contribution in [0.15, 0.2) is 0 Å². The van der Waals surface area contributed by atoms with Gasteiger partial charge in [-0.1, -0.05) is 27.2 Å². The van der Waals surface area contributed by atoms with Crippen molar-refractivity contribution in [3.8, 4) is 0 Å². The van der Waals surface area contributed by atoms with Gasteiger partial charge in [-0.15, -0.1) is 0 Å². The van der Waals surface area contributed by atoms with E-state index in [1.807, 2.05) is 7.05 Å². The highest BCUT2D eigenvalue weighted by molar-refractivity contribution is 4.79. The molecule has 1 fully saturated rings. The van der Waals surface area contributed by atoms with Crippen molar-refractivity contribution in [1.82, 2.24) is 4.90 Å². The molecule has 1 rings (SSSR count). The van der Waals surface area contributed by atoms with E-state index in [0.29, 0.717) is 5.92 Å². The van der Waals surface area contributed by atoms with Crippen LogP contribution < -0.4 is 0 Å². The molecule has 0 spiro atoms. The Morgan fingerprint density at radius 1 is 1.42 bits per heavy atom. The number of nitrogens with zero attached hydrogens (tertiary/aromatic N) is 1. The largest absolute Gasteiger partial charge is 0.301 e. The van der Waals surface area contributed by atoms with Crippen LogP contribution in [0, 0.1) is 5.92 Å². The van der Waals surface area contributed by atoms with Crippen LogP contribution in [0.3, 0.4) is 0 Å². The summed E-state index contributed by atoms with van der Waals surface area (Å²) in [6.07, 6.45) is 2.28. The average Bonchev–Trinajstić information content (AvgIpc) is 2.31. The lowest BCUT2D eigenvalue weighted by atomic mass is 10.1. The summed E-state index contributed by atoms with van der Waals surface area (Å²) in [4.78, 5) is 2.10. The normalized spacial score (nSPS) is 29.8. The summed E-state index contributed by atoms with van der Waals surface area (Å²) >= 11 is 0. The van der Waals surface area contributed by atoms with E-state index in [2.05, 4.69) is 25.7 Å². The Morgan fingerprint density at radius 3 is 2.08 bits per heavy atom. The summed E-state index contributed by atoms with van der Waals surface area (Å²) in [5.41, 5.74) is 0. The molecule has 2 unspecified atom stereocenters. The Bertz CT molecular complexity index is 106. The van der Waals surface area contributed by atoms with Gasteiger partial charge in [-0.2, -0.15) is 0 Å². The molecule has 0 bridgehead atoms. The fraction of sp³-hybridized carbons (Fsp3) is 1.00. The van der Waals surface area contributed by atoms with Gasteiger partial charge in [0.25, 0.3) is 0 Å². The van der Waals surface area contributed by atoms with Crippen LogP contribution >= 0.6 is 0 Å². The third-order valence-corrected chi connectivity index (χ3v) is 2.08. The molecular formula is C10H22FN. The lowest BCUT2D eigenvalue weighted by Gasteiger charge is -2.14. The number of likely N-dealkylation sites (tertiary alicyclic amines) is 1. The average molecular weight is 175 g/mol. The van der Waals surface area contributed by atoms with Crippen molar-refractivity contribution in [2.24, 2.45) is 5.92 Å². The van der Waals surface area contributed by atoms with Crippen molar-refractivity contribution >= 4 is 0 Å². The van der Waals surface area contributed by atoms with Crippen LogP contribution in [0.4, 0.5) is 4.39 Å². The maximum Gasteiger partial charge on any atom is 0.105 e. The molecule has 0 radical (unpaired) electrons. The van der Waals surface area contributed by atoms with Crippen molar-refractivity contribution in [2.45, 2.75) is 39.7 Å². The highest BCUT2D eigenvalue weighted by Gasteiger charge is 2.25. The smallest absolute Gasteiger partial charge is 0.105 e. The number of halogens is 1. The van der Waals surface area contributed by atoms with Gasteiger partial charge < -0.3 is 4.90 Å². The predicted molar refractivity (Wildman–Crippen MR) is 52.1 cm³/mol. The summed E-state index contributed by atoms with van der Waals surface area (Å²) in [5.74, 6) is 0.691. The number of hydrogen-bond acceptors (Lipinski definition) is 1. The molecule has 1 aliphatic rings. The Hall–Kier alpha value is -0.110. The molecule has 0 aliphatic carbocycles. The summed E-state index contributed by atoms with van der Waals surface area (Å²) in [6, 6.07) is 0.208. The third-order valence-electron chi connectivity index (χ3n) is 2.08. The van der Waals surface area contributed by atoms with Crippen LogP contribution in [0.5, 0.6) is 0 Å². The quantitative estimate of drug-likeness (QED) is 0.592. The van der Waals surface area contributed by atoms with E-state index in [-0.39, 0.29) is 12.7 Å². The molecule has 74 valence electrons. The molecule has 0 saturated carbocycles. The van der Waals surface area contributed by atoms with Crippen LogP contribution in [-0.2, 0) is 0 Å². The maximum absolute atomic E-state index is 12.1. The molecule has 0 amide bonds. The number of rotatable bonds is 1. The first-order valence-corrected chi connectivity index (χ1v) is 4.91. The number of alkyl halides is 1. The highest BCUT2D eigenvalue weighted by atomic mass is 19.1. The van der Waals surface area contributed by atoms with Gasteiger partial charge in [0.15, 0.2) is 0 Å². The van der Waals surface area contributed by atoms with E-state index < -0.39 is 0 Å². The molecule has 1 saturated heterocycles. The van der Waals surface area contributed by atoms with Gasteiger partial charge in [-0.25, -0.2) is 4.39 Å². The minimum absolute atomic E-state index is 0.180. The second-order valence-corrected chi connectivity index (χ2v) is 3.80. The summed E-state index contributed by atoms with van der Waals surface area (Å²) < 4.78 is 12.1. The molecule has 1 aliphatic heterocycles. The zero-order chi connectivity index (χ0) is 9.56. The molecule has 0 aromatic carbocycles. The predicted octanol–water partition coefficient (Wildman–Crippen LogP) is 2.71. The first-order valence-electron chi connectivity index (χ1n) is 4.91. The van der Waals surface area contributed by atoms with Crippen molar-refractivity contribution in [2.75, 3.05) is 20.3 Å². The lowest BCUT2D eigenvalue weighted by Crippen LogP contribution is -2.26. The third kappa shape index (κ3) is 4.05. The molecule has 0 aromatic rings. The molecule has 0 aromatic heterocycles. The topological polar surface area (TPSA) is 3.24 Å². The zero-order valence-electron chi connectivity index (χ0n) is 8.81. The van der Waals surface area contributed by atoms with Gasteiger partial charge in [-0.05, 0) is 19.4 Å². The fourth-order valence-electron chi connectivity index (χ4n) is 1.54. The van der Waals surface area contributed by atoms with Crippen LogP contribution in [0.2, 0.25) is 0 Å².